The Morgan fingerprint density at radius 1 is 1.13 bits per heavy atom. The Hall–Kier alpha value is -2.42. The molecule has 2 fully saturated rings. The number of carbonyl (C=O) groups is 2. The third-order valence-electron chi connectivity index (χ3n) is 6.19. The summed E-state index contributed by atoms with van der Waals surface area (Å²) in [6.45, 7) is 2.18. The minimum absolute atomic E-state index is 0.107. The molecule has 1 atom stereocenters. The van der Waals surface area contributed by atoms with E-state index in [1.54, 1.807) is 17.3 Å². The molecule has 4 rings (SSSR count). The number of ether oxygens (including phenoxy) is 4. The molecule has 0 N–H and O–H groups in total. The van der Waals surface area contributed by atoms with Crippen LogP contribution in [0, 0.1) is 5.92 Å². The molecule has 8 nitrogen and oxygen atoms in total. The molecule has 1 unspecified atom stereocenters. The summed E-state index contributed by atoms with van der Waals surface area (Å²) in [4.78, 5) is 28.8. The molecule has 1 saturated carbocycles. The van der Waals surface area contributed by atoms with Crippen LogP contribution in [0.1, 0.15) is 31.2 Å². The van der Waals surface area contributed by atoms with E-state index in [0.717, 1.165) is 31.2 Å². The van der Waals surface area contributed by atoms with Gasteiger partial charge < -0.3 is 23.8 Å². The molecule has 2 amide bonds. The van der Waals surface area contributed by atoms with Crippen molar-refractivity contribution in [2.24, 2.45) is 5.92 Å². The van der Waals surface area contributed by atoms with Crippen LogP contribution in [0.4, 0.5) is 4.79 Å². The third kappa shape index (κ3) is 5.08. The van der Waals surface area contributed by atoms with E-state index in [9.17, 15) is 9.59 Å². The van der Waals surface area contributed by atoms with Gasteiger partial charge in [0.15, 0.2) is 5.79 Å². The highest BCUT2D eigenvalue weighted by Crippen LogP contribution is 2.38. The Labute approximate surface area is 182 Å². The van der Waals surface area contributed by atoms with Crippen LogP contribution in [0.3, 0.4) is 0 Å². The van der Waals surface area contributed by atoms with Crippen molar-refractivity contribution in [2.45, 2.75) is 44.1 Å². The van der Waals surface area contributed by atoms with Crippen LogP contribution in [0.2, 0.25) is 0 Å². The Morgan fingerprint density at radius 3 is 2.52 bits per heavy atom. The Morgan fingerprint density at radius 2 is 1.84 bits per heavy atom. The minimum atomic E-state index is -0.741. The summed E-state index contributed by atoms with van der Waals surface area (Å²) in [6, 6.07) is 8.70. The number of carbonyl (C=O) groups excluding carboxylic acids is 2. The van der Waals surface area contributed by atoms with Crippen molar-refractivity contribution in [3.05, 3.63) is 48.3 Å². The Kier molecular flexibility index (Phi) is 6.89. The van der Waals surface area contributed by atoms with Crippen LogP contribution in [-0.4, -0.2) is 67.1 Å². The molecule has 2 aliphatic heterocycles. The number of benzene rings is 1. The lowest BCUT2D eigenvalue weighted by Gasteiger charge is -2.39. The molecule has 1 spiro atoms. The summed E-state index contributed by atoms with van der Waals surface area (Å²) >= 11 is 0. The highest BCUT2D eigenvalue weighted by molar-refractivity contribution is 5.88. The molecule has 0 bridgehead atoms. The van der Waals surface area contributed by atoms with Gasteiger partial charge >= 0.3 is 6.09 Å². The van der Waals surface area contributed by atoms with E-state index in [1.165, 1.54) is 12.0 Å². The summed E-state index contributed by atoms with van der Waals surface area (Å²) < 4.78 is 22.2. The zero-order valence-electron chi connectivity index (χ0n) is 17.9. The van der Waals surface area contributed by atoms with Crippen LogP contribution < -0.4 is 0 Å². The van der Waals surface area contributed by atoms with Crippen LogP contribution in [0.25, 0.3) is 0 Å². The standard InChI is InChI=1S/C23H30N2O6/c1-28-17-20-21(26)24(15-18-7-9-23(10-8-18)30-13-14-31-23)11-12-25(20)22(27)29-16-19-5-3-2-4-6-19/h2-6,11-12,18,20H,7-10,13-17H2,1H3. The van der Waals surface area contributed by atoms with Crippen LogP contribution in [0.15, 0.2) is 42.7 Å². The van der Waals surface area contributed by atoms with Crippen molar-refractivity contribution in [3.8, 4) is 0 Å². The number of nitrogens with zero attached hydrogens (tertiary/aromatic N) is 2. The van der Waals surface area contributed by atoms with E-state index < -0.39 is 17.9 Å². The summed E-state index contributed by atoms with van der Waals surface area (Å²) in [5, 5.41) is 0. The van der Waals surface area contributed by atoms with E-state index in [-0.39, 0.29) is 19.1 Å². The van der Waals surface area contributed by atoms with E-state index in [4.69, 9.17) is 18.9 Å². The smallest absolute Gasteiger partial charge is 0.415 e. The molecule has 8 heteroatoms. The number of rotatable bonds is 6. The highest BCUT2D eigenvalue weighted by Gasteiger charge is 2.42. The molecule has 3 aliphatic rings. The minimum Gasteiger partial charge on any atom is -0.444 e. The SMILES string of the molecule is COCC1C(=O)N(CC2CCC3(CC2)OCCO3)C=CN1C(=O)OCc1ccccc1. The highest BCUT2D eigenvalue weighted by atomic mass is 16.7. The number of hydrogen-bond donors (Lipinski definition) is 0. The van der Waals surface area contributed by atoms with Gasteiger partial charge in [-0.25, -0.2) is 4.79 Å². The van der Waals surface area contributed by atoms with Crippen molar-refractivity contribution >= 4 is 12.0 Å². The second-order valence-electron chi connectivity index (χ2n) is 8.26. The predicted molar refractivity (Wildman–Crippen MR) is 112 cm³/mol. The Balaban J connectivity index is 1.35. The molecule has 168 valence electrons. The number of methoxy groups -OCH3 is 1. The summed E-state index contributed by atoms with van der Waals surface area (Å²) in [5.41, 5.74) is 0.887. The first-order chi connectivity index (χ1) is 15.1. The lowest BCUT2D eigenvalue weighted by Crippen LogP contribution is -2.54. The van der Waals surface area contributed by atoms with Gasteiger partial charge in [-0.1, -0.05) is 30.3 Å². The predicted octanol–water partition coefficient (Wildman–Crippen LogP) is 2.89. The van der Waals surface area contributed by atoms with Gasteiger partial charge in [-0.05, 0) is 24.3 Å². The molecule has 2 heterocycles. The first-order valence-corrected chi connectivity index (χ1v) is 10.8. The fourth-order valence-corrected chi connectivity index (χ4v) is 4.45. The first kappa shape index (κ1) is 21.8. The topological polar surface area (TPSA) is 77.5 Å². The van der Waals surface area contributed by atoms with Crippen LogP contribution in [-0.2, 0) is 30.3 Å². The van der Waals surface area contributed by atoms with Gasteiger partial charge in [0.25, 0.3) is 5.91 Å². The van der Waals surface area contributed by atoms with Gasteiger partial charge in [-0.2, -0.15) is 0 Å². The second kappa shape index (κ2) is 9.80. The number of hydrogen-bond acceptors (Lipinski definition) is 6. The van der Waals surface area contributed by atoms with Crippen molar-refractivity contribution in [1.29, 1.82) is 0 Å². The van der Waals surface area contributed by atoms with E-state index >= 15 is 0 Å². The maximum atomic E-state index is 13.1. The summed E-state index contributed by atoms with van der Waals surface area (Å²) in [7, 11) is 1.52. The van der Waals surface area contributed by atoms with E-state index in [2.05, 4.69) is 0 Å². The van der Waals surface area contributed by atoms with Gasteiger partial charge in [-0.15, -0.1) is 0 Å². The molecular formula is C23H30N2O6. The summed E-state index contributed by atoms with van der Waals surface area (Å²) in [5.74, 6) is -0.197. The molecule has 31 heavy (non-hydrogen) atoms. The zero-order valence-corrected chi connectivity index (χ0v) is 17.9. The van der Waals surface area contributed by atoms with Crippen molar-refractivity contribution in [1.82, 2.24) is 9.80 Å². The lowest BCUT2D eigenvalue weighted by molar-refractivity contribution is -0.183. The molecule has 1 aromatic rings. The lowest BCUT2D eigenvalue weighted by atomic mass is 9.84. The fourth-order valence-electron chi connectivity index (χ4n) is 4.45. The second-order valence-corrected chi connectivity index (χ2v) is 8.26. The van der Waals surface area contributed by atoms with Crippen molar-refractivity contribution in [3.63, 3.8) is 0 Å². The number of amides is 2. The van der Waals surface area contributed by atoms with Gasteiger partial charge in [-0.3, -0.25) is 9.69 Å². The van der Waals surface area contributed by atoms with Gasteiger partial charge in [0.1, 0.15) is 12.6 Å². The normalized spacial score (nSPS) is 23.5. The largest absolute Gasteiger partial charge is 0.444 e. The molecule has 0 radical (unpaired) electrons. The quantitative estimate of drug-likeness (QED) is 0.691. The maximum Gasteiger partial charge on any atom is 0.415 e. The Bertz CT molecular complexity index is 783. The van der Waals surface area contributed by atoms with E-state index in [0.29, 0.717) is 25.7 Å². The first-order valence-electron chi connectivity index (χ1n) is 10.8. The zero-order chi connectivity index (χ0) is 21.7. The maximum absolute atomic E-state index is 13.1. The third-order valence-corrected chi connectivity index (χ3v) is 6.19. The molecule has 0 aromatic heterocycles. The van der Waals surface area contributed by atoms with Gasteiger partial charge in [0.2, 0.25) is 0 Å². The van der Waals surface area contributed by atoms with Crippen LogP contribution in [0.5, 0.6) is 0 Å². The van der Waals surface area contributed by atoms with Crippen LogP contribution >= 0.6 is 0 Å². The average Bonchev–Trinajstić information content (AvgIpc) is 3.25. The molecule has 1 saturated heterocycles. The average molecular weight is 431 g/mol. The van der Waals surface area contributed by atoms with Crippen molar-refractivity contribution < 1.29 is 28.5 Å². The molecule has 1 aromatic carbocycles. The van der Waals surface area contributed by atoms with Gasteiger partial charge in [0, 0.05) is 38.9 Å². The van der Waals surface area contributed by atoms with Crippen molar-refractivity contribution in [2.75, 3.05) is 33.5 Å². The summed E-state index contributed by atoms with van der Waals surface area (Å²) in [6.07, 6.45) is 6.30. The van der Waals surface area contributed by atoms with Gasteiger partial charge in [0.05, 0.1) is 19.8 Å². The molecular weight excluding hydrogens is 400 g/mol. The fraction of sp³-hybridized carbons (Fsp3) is 0.565. The van der Waals surface area contributed by atoms with E-state index in [1.807, 2.05) is 30.3 Å². The molecule has 1 aliphatic carbocycles. The monoisotopic (exact) mass is 430 g/mol.